The molecule has 0 radical (unpaired) electrons. The van der Waals surface area contributed by atoms with Gasteiger partial charge in [0.25, 0.3) is 0 Å². The second-order valence-electron chi connectivity index (χ2n) is 6.38. The van der Waals surface area contributed by atoms with E-state index in [4.69, 9.17) is 4.74 Å². The van der Waals surface area contributed by atoms with Crippen LogP contribution < -0.4 is 10.1 Å². The molecule has 1 aromatic carbocycles. The van der Waals surface area contributed by atoms with Gasteiger partial charge in [-0.05, 0) is 30.9 Å². The van der Waals surface area contributed by atoms with E-state index in [0.29, 0.717) is 13.1 Å². The third-order valence-corrected chi connectivity index (χ3v) is 4.68. The molecule has 1 aromatic heterocycles. The maximum absolute atomic E-state index is 12.5. The molecule has 2 aromatic rings. The lowest BCUT2D eigenvalue weighted by atomic mass is 9.97. The topological polar surface area (TPSA) is 72.3 Å². The molecule has 1 saturated heterocycles. The fourth-order valence-electron chi connectivity index (χ4n) is 3.36. The van der Waals surface area contributed by atoms with Crippen LogP contribution in [0.3, 0.4) is 0 Å². The Bertz CT molecular complexity index is 715. The smallest absolute Gasteiger partial charge is 0.317 e. The molecule has 25 heavy (non-hydrogen) atoms. The Hall–Kier alpha value is -2.57. The number of aryl methyl sites for hydroxylation is 1. The van der Waals surface area contributed by atoms with Crippen LogP contribution in [0.25, 0.3) is 0 Å². The van der Waals surface area contributed by atoms with Crippen LogP contribution in [-0.2, 0) is 13.5 Å². The van der Waals surface area contributed by atoms with Gasteiger partial charge in [-0.3, -0.25) is 0 Å². The van der Waals surface area contributed by atoms with Crippen molar-refractivity contribution in [2.45, 2.75) is 25.2 Å². The largest absolute Gasteiger partial charge is 0.496 e. The molecular weight excluding hydrogens is 318 g/mol. The lowest BCUT2D eigenvalue weighted by Gasteiger charge is -2.32. The zero-order valence-corrected chi connectivity index (χ0v) is 14.8. The van der Waals surface area contributed by atoms with Crippen LogP contribution in [-0.4, -0.2) is 52.4 Å². The molecule has 1 N–H and O–H groups in total. The molecule has 134 valence electrons. The molecular formula is C18H25N5O2. The molecule has 0 aliphatic carbocycles. The number of carbonyl (C=O) groups is 1. The SMILES string of the molecule is COc1ccccc1CCNC(=O)N1CCC[C@@H](c2nncn2C)C1. The number of hydrogen-bond acceptors (Lipinski definition) is 4. The van der Waals surface area contributed by atoms with Gasteiger partial charge in [0.2, 0.25) is 0 Å². The van der Waals surface area contributed by atoms with Gasteiger partial charge in [0.05, 0.1) is 7.11 Å². The van der Waals surface area contributed by atoms with E-state index in [2.05, 4.69) is 15.5 Å². The average Bonchev–Trinajstić information content (AvgIpc) is 3.08. The maximum atomic E-state index is 12.5. The summed E-state index contributed by atoms with van der Waals surface area (Å²) in [7, 11) is 3.61. The summed E-state index contributed by atoms with van der Waals surface area (Å²) in [5.41, 5.74) is 1.10. The Labute approximate surface area is 148 Å². The van der Waals surface area contributed by atoms with Crippen molar-refractivity contribution in [3.63, 3.8) is 0 Å². The quantitative estimate of drug-likeness (QED) is 0.901. The number of benzene rings is 1. The highest BCUT2D eigenvalue weighted by atomic mass is 16.5. The fraction of sp³-hybridized carbons (Fsp3) is 0.500. The van der Waals surface area contributed by atoms with Crippen LogP contribution >= 0.6 is 0 Å². The van der Waals surface area contributed by atoms with E-state index < -0.39 is 0 Å². The monoisotopic (exact) mass is 343 g/mol. The molecule has 1 aliphatic rings. The summed E-state index contributed by atoms with van der Waals surface area (Å²) < 4.78 is 7.29. The van der Waals surface area contributed by atoms with E-state index >= 15 is 0 Å². The van der Waals surface area contributed by atoms with E-state index in [0.717, 1.165) is 42.9 Å². The molecule has 1 fully saturated rings. The van der Waals surface area contributed by atoms with Crippen molar-refractivity contribution < 1.29 is 9.53 Å². The van der Waals surface area contributed by atoms with Gasteiger partial charge < -0.3 is 19.5 Å². The maximum Gasteiger partial charge on any atom is 0.317 e. The van der Waals surface area contributed by atoms with Gasteiger partial charge in [0, 0.05) is 32.6 Å². The molecule has 0 bridgehead atoms. The van der Waals surface area contributed by atoms with Crippen LogP contribution in [0.15, 0.2) is 30.6 Å². The number of piperidine rings is 1. The number of nitrogens with one attached hydrogen (secondary N) is 1. The third-order valence-electron chi connectivity index (χ3n) is 4.68. The minimum absolute atomic E-state index is 0.0123. The van der Waals surface area contributed by atoms with Crippen LogP contribution in [0.1, 0.15) is 30.1 Å². The number of urea groups is 1. The molecule has 2 heterocycles. The molecule has 7 nitrogen and oxygen atoms in total. The number of aromatic nitrogens is 3. The van der Waals surface area contributed by atoms with E-state index in [9.17, 15) is 4.79 Å². The Morgan fingerprint density at radius 1 is 1.40 bits per heavy atom. The first kappa shape index (κ1) is 17.3. The summed E-state index contributed by atoms with van der Waals surface area (Å²) >= 11 is 0. The lowest BCUT2D eigenvalue weighted by Crippen LogP contribution is -2.45. The number of ether oxygens (including phenoxy) is 1. The molecule has 2 amide bonds. The summed E-state index contributed by atoms with van der Waals surface area (Å²) in [4.78, 5) is 14.4. The molecule has 1 aliphatic heterocycles. The van der Waals surface area contributed by atoms with Gasteiger partial charge in [-0.15, -0.1) is 10.2 Å². The van der Waals surface area contributed by atoms with E-state index in [-0.39, 0.29) is 11.9 Å². The molecule has 0 unspecified atom stereocenters. The number of nitrogens with zero attached hydrogens (tertiary/aromatic N) is 4. The summed E-state index contributed by atoms with van der Waals surface area (Å²) in [6.07, 6.45) is 4.48. The second kappa shape index (κ2) is 8.00. The number of para-hydroxylation sites is 1. The van der Waals surface area contributed by atoms with Crippen molar-refractivity contribution in [3.05, 3.63) is 42.0 Å². The minimum Gasteiger partial charge on any atom is -0.496 e. The lowest BCUT2D eigenvalue weighted by molar-refractivity contribution is 0.178. The Morgan fingerprint density at radius 2 is 2.24 bits per heavy atom. The highest BCUT2D eigenvalue weighted by Crippen LogP contribution is 2.25. The zero-order valence-electron chi connectivity index (χ0n) is 14.8. The van der Waals surface area contributed by atoms with Crippen LogP contribution in [0, 0.1) is 0 Å². The highest BCUT2D eigenvalue weighted by Gasteiger charge is 2.27. The van der Waals surface area contributed by atoms with Crippen molar-refractivity contribution in [1.29, 1.82) is 0 Å². The van der Waals surface area contributed by atoms with Crippen molar-refractivity contribution in [3.8, 4) is 5.75 Å². The normalized spacial score (nSPS) is 17.4. The molecule has 0 spiro atoms. The van der Waals surface area contributed by atoms with E-state index in [1.54, 1.807) is 13.4 Å². The number of likely N-dealkylation sites (tertiary alicyclic amines) is 1. The number of rotatable bonds is 5. The van der Waals surface area contributed by atoms with Crippen LogP contribution in [0.4, 0.5) is 4.79 Å². The van der Waals surface area contributed by atoms with Gasteiger partial charge in [-0.25, -0.2) is 4.79 Å². The summed E-state index contributed by atoms with van der Waals surface area (Å²) in [6, 6.07) is 7.88. The fourth-order valence-corrected chi connectivity index (χ4v) is 3.36. The van der Waals surface area contributed by atoms with Gasteiger partial charge >= 0.3 is 6.03 Å². The predicted molar refractivity (Wildman–Crippen MR) is 94.6 cm³/mol. The van der Waals surface area contributed by atoms with Gasteiger partial charge in [0.1, 0.15) is 17.9 Å². The summed E-state index contributed by atoms with van der Waals surface area (Å²) in [5.74, 6) is 2.06. The van der Waals surface area contributed by atoms with Crippen molar-refractivity contribution in [2.75, 3.05) is 26.7 Å². The summed E-state index contributed by atoms with van der Waals surface area (Å²) in [5, 5.41) is 11.2. The second-order valence-corrected chi connectivity index (χ2v) is 6.38. The first-order chi connectivity index (χ1) is 12.2. The van der Waals surface area contributed by atoms with Crippen LogP contribution in [0.5, 0.6) is 5.75 Å². The van der Waals surface area contributed by atoms with Crippen molar-refractivity contribution in [2.24, 2.45) is 7.05 Å². The van der Waals surface area contributed by atoms with Gasteiger partial charge in [-0.2, -0.15) is 0 Å². The minimum atomic E-state index is -0.0123. The van der Waals surface area contributed by atoms with Crippen molar-refractivity contribution >= 4 is 6.03 Å². The molecule has 3 rings (SSSR count). The number of hydrogen-bond donors (Lipinski definition) is 1. The first-order valence-corrected chi connectivity index (χ1v) is 8.67. The Kier molecular flexibility index (Phi) is 5.53. The molecule has 0 saturated carbocycles. The van der Waals surface area contributed by atoms with Gasteiger partial charge in [-0.1, -0.05) is 18.2 Å². The van der Waals surface area contributed by atoms with Crippen LogP contribution in [0.2, 0.25) is 0 Å². The number of amides is 2. The predicted octanol–water partition coefficient (Wildman–Crippen LogP) is 1.96. The van der Waals surface area contributed by atoms with Gasteiger partial charge in [0.15, 0.2) is 0 Å². The Balaban J connectivity index is 1.52. The number of carbonyl (C=O) groups excluding carboxylic acids is 1. The highest BCUT2D eigenvalue weighted by molar-refractivity contribution is 5.74. The summed E-state index contributed by atoms with van der Waals surface area (Å²) in [6.45, 7) is 2.06. The average molecular weight is 343 g/mol. The molecule has 1 atom stereocenters. The molecule has 7 heteroatoms. The van der Waals surface area contributed by atoms with E-state index in [1.165, 1.54) is 0 Å². The standard InChI is InChI=1S/C18H25N5O2/c1-22-13-20-21-17(22)15-7-5-11-23(12-15)18(24)19-10-9-14-6-3-4-8-16(14)25-2/h3-4,6,8,13,15H,5,7,9-12H2,1-2H3,(H,19,24)/t15-/m1/s1. The van der Waals surface area contributed by atoms with Crippen molar-refractivity contribution in [1.82, 2.24) is 25.0 Å². The zero-order chi connectivity index (χ0) is 17.6. The number of methoxy groups -OCH3 is 1. The van der Waals surface area contributed by atoms with E-state index in [1.807, 2.05) is 40.8 Å². The Morgan fingerprint density at radius 3 is 3.00 bits per heavy atom. The first-order valence-electron chi connectivity index (χ1n) is 8.67. The third kappa shape index (κ3) is 4.10.